The molecular weight excluding hydrogens is 265 g/mol. The van der Waals surface area contributed by atoms with E-state index < -0.39 is 11.4 Å². The fourth-order valence-electron chi connectivity index (χ4n) is 2.64. The maximum Gasteiger partial charge on any atom is 0.129 e. The molecule has 106 valence electrons. The zero-order valence-corrected chi connectivity index (χ0v) is 11.8. The molecule has 1 heterocycles. The molecule has 2 nitrogen and oxygen atoms in total. The minimum atomic E-state index is -1.37. The monoisotopic (exact) mass is 281 g/mol. The van der Waals surface area contributed by atoms with Gasteiger partial charge < -0.3 is 5.11 Å². The second-order valence-electron chi connectivity index (χ2n) is 5.11. The first-order chi connectivity index (χ1) is 10.1. The van der Waals surface area contributed by atoms with E-state index >= 15 is 0 Å². The predicted octanol–water partition coefficient (Wildman–Crippen LogP) is 4.02. The van der Waals surface area contributed by atoms with Crippen LogP contribution < -0.4 is 0 Å². The van der Waals surface area contributed by atoms with Gasteiger partial charge in [-0.2, -0.15) is 0 Å². The van der Waals surface area contributed by atoms with Gasteiger partial charge in [-0.3, -0.25) is 4.98 Å². The van der Waals surface area contributed by atoms with Crippen molar-refractivity contribution in [1.29, 1.82) is 0 Å². The lowest BCUT2D eigenvalue weighted by molar-refractivity contribution is 0.0724. The van der Waals surface area contributed by atoms with Gasteiger partial charge in [-0.15, -0.1) is 0 Å². The molecule has 1 unspecified atom stereocenters. The zero-order chi connectivity index (χ0) is 14.9. The van der Waals surface area contributed by atoms with Crippen molar-refractivity contribution in [2.45, 2.75) is 18.9 Å². The summed E-state index contributed by atoms with van der Waals surface area (Å²) >= 11 is 0. The number of aromatic nitrogens is 1. The van der Waals surface area contributed by atoms with Crippen molar-refractivity contribution >= 4 is 10.9 Å². The lowest BCUT2D eigenvalue weighted by atomic mass is 9.84. The molecule has 3 heteroatoms. The maximum absolute atomic E-state index is 14.1. The maximum atomic E-state index is 14.1. The van der Waals surface area contributed by atoms with Crippen LogP contribution >= 0.6 is 0 Å². The summed E-state index contributed by atoms with van der Waals surface area (Å²) < 4.78 is 14.1. The summed E-state index contributed by atoms with van der Waals surface area (Å²) in [6.45, 7) is 1.83. The minimum absolute atomic E-state index is 0.282. The molecule has 0 saturated heterocycles. The SMILES string of the molecule is CCC(O)(c1cnc2ccccc2c1)c1ccccc1F. The van der Waals surface area contributed by atoms with Gasteiger partial charge >= 0.3 is 0 Å². The highest BCUT2D eigenvalue weighted by Gasteiger charge is 2.32. The van der Waals surface area contributed by atoms with Gasteiger partial charge in [0.1, 0.15) is 11.4 Å². The molecule has 0 aliphatic rings. The Bertz CT molecular complexity index is 787. The first-order valence-electron chi connectivity index (χ1n) is 6.98. The Hall–Kier alpha value is -2.26. The summed E-state index contributed by atoms with van der Waals surface area (Å²) in [7, 11) is 0. The molecule has 0 fully saturated rings. The second kappa shape index (κ2) is 5.26. The van der Waals surface area contributed by atoms with E-state index in [1.165, 1.54) is 6.07 Å². The van der Waals surface area contributed by atoms with Gasteiger partial charge in [0.25, 0.3) is 0 Å². The zero-order valence-electron chi connectivity index (χ0n) is 11.8. The largest absolute Gasteiger partial charge is 0.380 e. The van der Waals surface area contributed by atoms with E-state index in [0.717, 1.165) is 10.9 Å². The highest BCUT2D eigenvalue weighted by atomic mass is 19.1. The van der Waals surface area contributed by atoms with Crippen molar-refractivity contribution < 1.29 is 9.50 Å². The van der Waals surface area contributed by atoms with Crippen molar-refractivity contribution in [3.8, 4) is 0 Å². The normalized spacial score (nSPS) is 14.0. The Morgan fingerprint density at radius 2 is 1.81 bits per heavy atom. The molecule has 1 aromatic heterocycles. The Morgan fingerprint density at radius 3 is 2.57 bits per heavy atom. The van der Waals surface area contributed by atoms with E-state index in [1.54, 1.807) is 24.4 Å². The first-order valence-corrected chi connectivity index (χ1v) is 6.98. The van der Waals surface area contributed by atoms with Gasteiger partial charge in [0.15, 0.2) is 0 Å². The number of rotatable bonds is 3. The molecule has 3 rings (SSSR count). The summed E-state index contributed by atoms with van der Waals surface area (Å²) in [5, 5.41) is 12.0. The number of para-hydroxylation sites is 1. The fourth-order valence-corrected chi connectivity index (χ4v) is 2.64. The second-order valence-corrected chi connectivity index (χ2v) is 5.11. The third-order valence-electron chi connectivity index (χ3n) is 3.90. The van der Waals surface area contributed by atoms with Crippen LogP contribution in [0.3, 0.4) is 0 Å². The van der Waals surface area contributed by atoms with Crippen molar-refractivity contribution in [3.63, 3.8) is 0 Å². The molecule has 0 aliphatic heterocycles. The molecule has 0 saturated carbocycles. The average molecular weight is 281 g/mol. The van der Waals surface area contributed by atoms with E-state index in [4.69, 9.17) is 0 Å². The molecule has 0 amide bonds. The molecule has 21 heavy (non-hydrogen) atoms. The topological polar surface area (TPSA) is 33.1 Å². The van der Waals surface area contributed by atoms with Gasteiger partial charge in [-0.1, -0.05) is 43.3 Å². The van der Waals surface area contributed by atoms with E-state index in [0.29, 0.717) is 12.0 Å². The van der Waals surface area contributed by atoms with Crippen molar-refractivity contribution in [3.05, 3.63) is 77.7 Å². The molecule has 0 spiro atoms. The molecule has 0 bridgehead atoms. The van der Waals surface area contributed by atoms with E-state index in [1.807, 2.05) is 37.3 Å². The number of halogens is 1. The van der Waals surface area contributed by atoms with E-state index in [-0.39, 0.29) is 5.56 Å². The van der Waals surface area contributed by atoms with E-state index in [2.05, 4.69) is 4.98 Å². The number of fused-ring (bicyclic) bond motifs is 1. The summed E-state index contributed by atoms with van der Waals surface area (Å²) in [5.41, 5.74) is 0.370. The van der Waals surface area contributed by atoms with Crippen LogP contribution in [0.25, 0.3) is 10.9 Å². The van der Waals surface area contributed by atoms with Gasteiger partial charge in [0.2, 0.25) is 0 Å². The minimum Gasteiger partial charge on any atom is -0.380 e. The molecule has 3 aromatic rings. The van der Waals surface area contributed by atoms with Crippen molar-refractivity contribution in [2.75, 3.05) is 0 Å². The highest BCUT2D eigenvalue weighted by molar-refractivity contribution is 5.79. The average Bonchev–Trinajstić information content (AvgIpc) is 2.54. The summed E-state index contributed by atoms with van der Waals surface area (Å²) in [4.78, 5) is 4.37. The lowest BCUT2D eigenvalue weighted by Gasteiger charge is -2.28. The number of pyridine rings is 1. The number of benzene rings is 2. The van der Waals surface area contributed by atoms with Gasteiger partial charge in [-0.25, -0.2) is 4.39 Å². The van der Waals surface area contributed by atoms with Crippen LogP contribution in [-0.2, 0) is 5.60 Å². The smallest absolute Gasteiger partial charge is 0.129 e. The van der Waals surface area contributed by atoms with Crippen molar-refractivity contribution in [1.82, 2.24) is 4.98 Å². The number of hydrogen-bond donors (Lipinski definition) is 1. The summed E-state index contributed by atoms with van der Waals surface area (Å²) in [6, 6.07) is 15.9. The van der Waals surface area contributed by atoms with Crippen LogP contribution in [0.1, 0.15) is 24.5 Å². The lowest BCUT2D eigenvalue weighted by Crippen LogP contribution is -2.27. The van der Waals surface area contributed by atoms with Gasteiger partial charge in [0, 0.05) is 22.7 Å². The molecule has 0 radical (unpaired) electrons. The standard InChI is InChI=1S/C18H16FNO/c1-2-18(21,15-8-4-5-9-16(15)19)14-11-13-7-3-6-10-17(13)20-12-14/h3-12,21H,2H2,1H3. The summed E-state index contributed by atoms with van der Waals surface area (Å²) in [5.74, 6) is -0.407. The molecule has 1 N–H and O–H groups in total. The van der Waals surface area contributed by atoms with Gasteiger partial charge in [-0.05, 0) is 24.6 Å². The first kappa shape index (κ1) is 13.7. The molecular formula is C18H16FNO. The molecule has 0 aliphatic carbocycles. The van der Waals surface area contributed by atoms with Crippen LogP contribution in [-0.4, -0.2) is 10.1 Å². The Morgan fingerprint density at radius 1 is 1.10 bits per heavy atom. The third-order valence-corrected chi connectivity index (χ3v) is 3.90. The molecule has 2 aromatic carbocycles. The molecule has 1 atom stereocenters. The fraction of sp³-hybridized carbons (Fsp3) is 0.167. The third kappa shape index (κ3) is 2.30. The van der Waals surface area contributed by atoms with E-state index in [9.17, 15) is 9.50 Å². The predicted molar refractivity (Wildman–Crippen MR) is 81.4 cm³/mol. The Balaban J connectivity index is 2.19. The summed E-state index contributed by atoms with van der Waals surface area (Å²) in [6.07, 6.45) is 1.99. The highest BCUT2D eigenvalue weighted by Crippen LogP contribution is 2.35. The number of nitrogens with zero attached hydrogens (tertiary/aromatic N) is 1. The van der Waals surface area contributed by atoms with Crippen LogP contribution in [0, 0.1) is 5.82 Å². The number of aliphatic hydroxyl groups is 1. The van der Waals surface area contributed by atoms with Gasteiger partial charge in [0.05, 0.1) is 5.52 Å². The van der Waals surface area contributed by atoms with Crippen molar-refractivity contribution in [2.24, 2.45) is 0 Å². The van der Waals surface area contributed by atoms with Crippen LogP contribution in [0.4, 0.5) is 4.39 Å². The van der Waals surface area contributed by atoms with Crippen LogP contribution in [0.5, 0.6) is 0 Å². The van der Waals surface area contributed by atoms with Crippen LogP contribution in [0.15, 0.2) is 60.8 Å². The number of hydrogen-bond acceptors (Lipinski definition) is 2. The quantitative estimate of drug-likeness (QED) is 0.786. The Kier molecular flexibility index (Phi) is 3.43. The Labute approximate surface area is 122 Å². The van der Waals surface area contributed by atoms with Crippen LogP contribution in [0.2, 0.25) is 0 Å².